The predicted molar refractivity (Wildman–Crippen MR) is 250 cm³/mol. The SMILES string of the molecule is CCCOC(=O)[C@H](C)NP(=O)(Oc1ccccc1)[C@H](F)c1ccc2c(c1)CC(C(=O)N[C@H]1CC[C@H](N(C)[C@@H]3CCOC3)C[C@H]3CC[C@@H](C(=O)N4C[C@H](c5ccccc5)CC45CC5)N3C1=O)S2. The molecule has 4 saturated heterocycles. The van der Waals surface area contributed by atoms with Crippen molar-refractivity contribution < 1.29 is 42.1 Å². The zero-order valence-electron chi connectivity index (χ0n) is 38.1. The second kappa shape index (κ2) is 19.8. The highest BCUT2D eigenvalue weighted by Crippen LogP contribution is 2.58. The molecule has 0 radical (unpaired) electrons. The summed E-state index contributed by atoms with van der Waals surface area (Å²) >= 11 is 1.35. The quantitative estimate of drug-likeness (QED) is 0.115. The summed E-state index contributed by atoms with van der Waals surface area (Å²) in [6.07, 6.45) is 7.87. The molecule has 10 atom stereocenters. The molecule has 3 aromatic rings. The highest BCUT2D eigenvalue weighted by Gasteiger charge is 2.59. The third-order valence-corrected chi connectivity index (χ3v) is 18.2. The summed E-state index contributed by atoms with van der Waals surface area (Å²) in [6, 6.07) is 21.2. The number of rotatable bonds is 15. The van der Waals surface area contributed by atoms with E-state index in [4.69, 9.17) is 14.0 Å². The molecule has 66 heavy (non-hydrogen) atoms. The molecule has 354 valence electrons. The lowest BCUT2D eigenvalue weighted by Gasteiger charge is -2.42. The van der Waals surface area contributed by atoms with Crippen LogP contribution in [-0.2, 0) is 39.6 Å². The normalized spacial score (nSPS) is 28.5. The number of hydrogen-bond donors (Lipinski definition) is 2. The molecular weight excluding hydrogens is 881 g/mol. The molecule has 5 fully saturated rings. The lowest BCUT2D eigenvalue weighted by Crippen LogP contribution is -2.60. The first-order valence-electron chi connectivity index (χ1n) is 23.9. The Morgan fingerprint density at radius 2 is 1.76 bits per heavy atom. The van der Waals surface area contributed by atoms with Gasteiger partial charge in [0.05, 0.1) is 18.5 Å². The molecule has 6 aliphatic rings. The summed E-state index contributed by atoms with van der Waals surface area (Å²) in [7, 11) is -2.31. The number of esters is 1. The zero-order chi connectivity index (χ0) is 46.2. The maximum absolute atomic E-state index is 16.7. The van der Waals surface area contributed by atoms with Crippen LogP contribution in [0.25, 0.3) is 0 Å². The van der Waals surface area contributed by atoms with Crippen molar-refractivity contribution in [1.29, 1.82) is 0 Å². The van der Waals surface area contributed by atoms with Crippen LogP contribution in [0, 0.1) is 0 Å². The number of thioether (sulfide) groups is 1. The van der Waals surface area contributed by atoms with Crippen LogP contribution in [0.1, 0.15) is 107 Å². The lowest BCUT2D eigenvalue weighted by atomic mass is 9.92. The van der Waals surface area contributed by atoms with E-state index in [1.54, 1.807) is 42.5 Å². The van der Waals surface area contributed by atoms with Gasteiger partial charge in [0.25, 0.3) is 0 Å². The molecule has 1 spiro atoms. The third kappa shape index (κ3) is 9.70. The molecule has 1 aliphatic carbocycles. The van der Waals surface area contributed by atoms with E-state index >= 15 is 4.39 Å². The molecule has 2 unspecified atom stereocenters. The van der Waals surface area contributed by atoms with E-state index in [9.17, 15) is 23.7 Å². The van der Waals surface area contributed by atoms with Crippen LogP contribution in [0.2, 0.25) is 0 Å². The van der Waals surface area contributed by atoms with Gasteiger partial charge in [-0.05, 0) is 119 Å². The van der Waals surface area contributed by atoms with Gasteiger partial charge in [-0.15, -0.1) is 11.8 Å². The van der Waals surface area contributed by atoms with Crippen molar-refractivity contribution in [2.45, 2.75) is 148 Å². The first kappa shape index (κ1) is 46.8. The van der Waals surface area contributed by atoms with Gasteiger partial charge in [-0.25, -0.2) is 9.48 Å². The number of fused-ring (bicyclic) bond motifs is 2. The van der Waals surface area contributed by atoms with Crippen LogP contribution in [0.15, 0.2) is 83.8 Å². The van der Waals surface area contributed by atoms with Gasteiger partial charge < -0.3 is 29.1 Å². The molecule has 3 amide bonds. The van der Waals surface area contributed by atoms with Gasteiger partial charge in [0.15, 0.2) is 0 Å². The van der Waals surface area contributed by atoms with Crippen molar-refractivity contribution in [2.24, 2.45) is 0 Å². The molecule has 1 saturated carbocycles. The van der Waals surface area contributed by atoms with Gasteiger partial charge in [0.2, 0.25) is 23.6 Å². The Kier molecular flexibility index (Phi) is 14.0. The fraction of sp³-hybridized carbons (Fsp3) is 0.560. The minimum absolute atomic E-state index is 0.0325. The lowest BCUT2D eigenvalue weighted by molar-refractivity contribution is -0.149. The number of halogens is 1. The first-order valence-corrected chi connectivity index (χ1v) is 26.4. The molecule has 5 heterocycles. The Morgan fingerprint density at radius 1 is 1.00 bits per heavy atom. The van der Waals surface area contributed by atoms with Gasteiger partial charge in [0, 0.05) is 47.6 Å². The van der Waals surface area contributed by atoms with Crippen LogP contribution >= 0.6 is 19.3 Å². The maximum atomic E-state index is 16.7. The number of carbonyl (C=O) groups is 4. The molecule has 5 aliphatic heterocycles. The summed E-state index contributed by atoms with van der Waals surface area (Å²) in [5.74, 6) is -2.89. The maximum Gasteiger partial charge on any atom is 0.355 e. The topological polar surface area (TPSA) is 147 Å². The van der Waals surface area contributed by atoms with Crippen molar-refractivity contribution in [1.82, 2.24) is 25.1 Å². The van der Waals surface area contributed by atoms with Crippen molar-refractivity contribution in [3.05, 3.63) is 95.6 Å². The number of amides is 3. The van der Waals surface area contributed by atoms with Crippen molar-refractivity contribution >= 4 is 43.0 Å². The highest BCUT2D eigenvalue weighted by atomic mass is 32.2. The number of likely N-dealkylation sites (tertiary alicyclic amines) is 1. The molecule has 3 aromatic carbocycles. The average Bonchev–Trinajstić information content (AvgIpc) is 3.79. The highest BCUT2D eigenvalue weighted by molar-refractivity contribution is 8.01. The number of para-hydroxylation sites is 1. The van der Waals surface area contributed by atoms with Gasteiger partial charge in [0.1, 0.15) is 23.9 Å². The van der Waals surface area contributed by atoms with Crippen LogP contribution in [0.3, 0.4) is 0 Å². The van der Waals surface area contributed by atoms with Crippen LogP contribution in [0.4, 0.5) is 4.39 Å². The number of carbonyl (C=O) groups excluding carboxylic acids is 4. The molecule has 9 rings (SSSR count). The number of ether oxygens (including phenoxy) is 2. The van der Waals surface area contributed by atoms with E-state index in [0.717, 1.165) is 43.4 Å². The Bertz CT molecular complexity index is 2300. The predicted octanol–water partition coefficient (Wildman–Crippen LogP) is 7.54. The van der Waals surface area contributed by atoms with Crippen molar-refractivity contribution in [3.8, 4) is 5.75 Å². The molecule has 0 aromatic heterocycles. The second-order valence-electron chi connectivity index (χ2n) is 19.2. The molecule has 2 N–H and O–H groups in total. The molecule has 13 nitrogen and oxygen atoms in total. The van der Waals surface area contributed by atoms with E-state index in [-0.39, 0.29) is 71.6 Å². The fourth-order valence-corrected chi connectivity index (χ4v) is 14.1. The largest absolute Gasteiger partial charge is 0.465 e. The van der Waals surface area contributed by atoms with Gasteiger partial charge >= 0.3 is 13.5 Å². The third-order valence-electron chi connectivity index (χ3n) is 14.8. The standard InChI is InChI=1S/C50H63FN5O8PS/c1-4-24-63-49(60)32(2)53-65(61,64-40-13-9-6-10-14-40)45(51)34-15-20-43-35(26-34)27-44(66-43)46(57)52-41-18-16-37(54(3)39-21-25-62-31-39)28-38-17-19-42(56(38)47(41)58)48(59)55-30-36(29-50(55)22-23-50)33-11-7-5-8-12-33/h5-15,20,26,32,36-39,41-42,44-45H,4,16-19,21-25,27-31H2,1-3H3,(H,52,57)(H,53,61)/t32-,36+,37-,38+,39+,41-,42-,44?,45-,65?/m0/s1. The number of nitrogens with one attached hydrogen (secondary N) is 2. The van der Waals surface area contributed by atoms with E-state index in [2.05, 4.69) is 51.5 Å². The van der Waals surface area contributed by atoms with Gasteiger partial charge in [-0.3, -0.25) is 28.6 Å². The fourth-order valence-electron chi connectivity index (χ4n) is 11.0. The Balaban J connectivity index is 0.919. The number of nitrogens with zero attached hydrogens (tertiary/aromatic N) is 3. The number of alkyl halides is 1. The number of benzene rings is 3. The summed E-state index contributed by atoms with van der Waals surface area (Å²) in [6.45, 7) is 5.50. The van der Waals surface area contributed by atoms with Crippen LogP contribution in [0.5, 0.6) is 5.75 Å². The van der Waals surface area contributed by atoms with Crippen molar-refractivity contribution in [3.63, 3.8) is 0 Å². The van der Waals surface area contributed by atoms with Gasteiger partial charge in [-0.1, -0.05) is 67.6 Å². The Hall–Kier alpha value is -4.27. The Morgan fingerprint density at radius 3 is 2.47 bits per heavy atom. The minimum atomic E-state index is -4.45. The van der Waals surface area contributed by atoms with E-state index in [0.29, 0.717) is 51.0 Å². The van der Waals surface area contributed by atoms with Crippen LogP contribution < -0.4 is 14.9 Å². The smallest absolute Gasteiger partial charge is 0.355 e. The summed E-state index contributed by atoms with van der Waals surface area (Å²) in [5, 5.41) is 5.19. The summed E-state index contributed by atoms with van der Waals surface area (Å²) < 4.78 is 48.1. The monoisotopic (exact) mass is 943 g/mol. The second-order valence-corrected chi connectivity index (χ2v) is 22.6. The van der Waals surface area contributed by atoms with Gasteiger partial charge in [-0.2, -0.15) is 0 Å². The minimum Gasteiger partial charge on any atom is -0.465 e. The molecular formula is C50H63FN5O8PS. The van der Waals surface area contributed by atoms with Crippen LogP contribution in [-0.4, -0.2) is 119 Å². The Labute approximate surface area is 391 Å². The van der Waals surface area contributed by atoms with Crippen molar-refractivity contribution in [2.75, 3.05) is 33.4 Å². The first-order chi connectivity index (χ1) is 31.9. The molecule has 0 bridgehead atoms. The summed E-state index contributed by atoms with van der Waals surface area (Å²) in [5.41, 5.74) is 1.87. The van der Waals surface area contributed by atoms with E-state index in [1.165, 1.54) is 30.3 Å². The van der Waals surface area contributed by atoms with E-state index < -0.39 is 42.8 Å². The number of likely N-dealkylation sites (N-methyl/N-ethyl adjacent to an activating group) is 1. The molecule has 16 heteroatoms. The van der Waals surface area contributed by atoms with E-state index in [1.807, 2.05) is 17.9 Å². The number of hydrogen-bond acceptors (Lipinski definition) is 10. The summed E-state index contributed by atoms with van der Waals surface area (Å²) in [4.78, 5) is 64.1. The zero-order valence-corrected chi connectivity index (χ0v) is 39.9. The average molecular weight is 944 g/mol.